The van der Waals surface area contributed by atoms with Crippen molar-refractivity contribution in [1.82, 2.24) is 20.4 Å². The summed E-state index contributed by atoms with van der Waals surface area (Å²) >= 11 is 0. The minimum absolute atomic E-state index is 0.0985. The molecule has 1 fully saturated rings. The molecule has 138 valence electrons. The molecule has 0 bridgehead atoms. The lowest BCUT2D eigenvalue weighted by Crippen LogP contribution is -2.46. The van der Waals surface area contributed by atoms with Gasteiger partial charge in [0.1, 0.15) is 0 Å². The molecule has 2 amide bonds. The maximum Gasteiger partial charge on any atom is 0.409 e. The topological polar surface area (TPSA) is 130 Å². The molecule has 1 aromatic carbocycles. The van der Waals surface area contributed by atoms with E-state index in [4.69, 9.17) is 4.74 Å². The second kappa shape index (κ2) is 7.38. The number of piperidine rings is 1. The van der Waals surface area contributed by atoms with E-state index in [1.54, 1.807) is 11.8 Å². The number of ether oxygens (including phenoxy) is 1. The van der Waals surface area contributed by atoms with E-state index >= 15 is 0 Å². The van der Waals surface area contributed by atoms with Crippen LogP contribution in [0.3, 0.4) is 0 Å². The summed E-state index contributed by atoms with van der Waals surface area (Å²) in [5, 5.41) is 20.9. The van der Waals surface area contributed by atoms with E-state index in [0.717, 1.165) is 0 Å². The number of nitrogens with zero attached hydrogens (tertiary/aromatic N) is 3. The van der Waals surface area contributed by atoms with Crippen LogP contribution in [0.25, 0.3) is 10.9 Å². The molecule has 26 heavy (non-hydrogen) atoms. The molecule has 3 rings (SSSR count). The van der Waals surface area contributed by atoms with Crippen molar-refractivity contribution in [3.8, 4) is 0 Å². The van der Waals surface area contributed by atoms with Crippen LogP contribution in [0.4, 0.5) is 10.5 Å². The number of rotatable bonds is 4. The van der Waals surface area contributed by atoms with Gasteiger partial charge in [-0.3, -0.25) is 20.0 Å². The van der Waals surface area contributed by atoms with Crippen molar-refractivity contribution in [2.45, 2.75) is 25.8 Å². The highest BCUT2D eigenvalue weighted by atomic mass is 16.6. The van der Waals surface area contributed by atoms with Crippen molar-refractivity contribution in [1.29, 1.82) is 0 Å². The average Bonchev–Trinajstić information content (AvgIpc) is 3.05. The first kappa shape index (κ1) is 17.6. The summed E-state index contributed by atoms with van der Waals surface area (Å²) in [6.45, 7) is 3.07. The molecule has 2 aromatic rings. The van der Waals surface area contributed by atoms with Crippen molar-refractivity contribution in [2.24, 2.45) is 0 Å². The maximum atomic E-state index is 12.5. The van der Waals surface area contributed by atoms with Gasteiger partial charge in [-0.25, -0.2) is 4.79 Å². The molecule has 1 aliphatic rings. The zero-order valence-corrected chi connectivity index (χ0v) is 14.2. The molecule has 10 nitrogen and oxygen atoms in total. The number of likely N-dealkylation sites (tertiary alicyclic amines) is 1. The number of amides is 2. The summed E-state index contributed by atoms with van der Waals surface area (Å²) in [6, 6.07) is 4.11. The molecule has 1 aliphatic heterocycles. The Bertz CT molecular complexity index is 841. The molecule has 10 heteroatoms. The predicted octanol–water partition coefficient (Wildman–Crippen LogP) is 1.82. The van der Waals surface area contributed by atoms with Crippen molar-refractivity contribution in [3.05, 3.63) is 34.0 Å². The Morgan fingerprint density at radius 2 is 2.15 bits per heavy atom. The van der Waals surface area contributed by atoms with Crippen molar-refractivity contribution in [3.63, 3.8) is 0 Å². The van der Waals surface area contributed by atoms with Gasteiger partial charge in [-0.1, -0.05) is 0 Å². The lowest BCUT2D eigenvalue weighted by molar-refractivity contribution is -0.384. The second-order valence-corrected chi connectivity index (χ2v) is 5.99. The number of aromatic nitrogens is 2. The quantitative estimate of drug-likeness (QED) is 0.631. The third-order valence-corrected chi connectivity index (χ3v) is 4.33. The first-order valence-electron chi connectivity index (χ1n) is 8.34. The zero-order chi connectivity index (χ0) is 18.7. The number of hydrogen-bond donors (Lipinski definition) is 2. The third kappa shape index (κ3) is 3.58. The van der Waals surface area contributed by atoms with Crippen molar-refractivity contribution in [2.75, 3.05) is 19.7 Å². The molecule has 0 saturated carbocycles. The number of carbonyl (C=O) groups is 2. The highest BCUT2D eigenvalue weighted by Crippen LogP contribution is 2.22. The van der Waals surface area contributed by atoms with E-state index in [2.05, 4.69) is 15.5 Å². The van der Waals surface area contributed by atoms with Gasteiger partial charge >= 0.3 is 6.09 Å². The molecule has 0 unspecified atom stereocenters. The summed E-state index contributed by atoms with van der Waals surface area (Å²) in [6.07, 6.45) is 0.864. The van der Waals surface area contributed by atoms with E-state index in [1.807, 2.05) is 0 Å². The first-order chi connectivity index (χ1) is 12.5. The summed E-state index contributed by atoms with van der Waals surface area (Å²) in [5.41, 5.74) is 0.574. The molecule has 2 N–H and O–H groups in total. The molecule has 2 heterocycles. The fourth-order valence-electron chi connectivity index (χ4n) is 2.96. The number of aromatic amines is 1. The van der Waals surface area contributed by atoms with E-state index in [9.17, 15) is 19.7 Å². The Morgan fingerprint density at radius 3 is 2.81 bits per heavy atom. The van der Waals surface area contributed by atoms with Crippen molar-refractivity contribution < 1.29 is 19.2 Å². The normalized spacial score (nSPS) is 15.0. The summed E-state index contributed by atoms with van der Waals surface area (Å²) in [5.74, 6) is -0.397. The van der Waals surface area contributed by atoms with E-state index in [0.29, 0.717) is 43.4 Å². The minimum atomic E-state index is -0.515. The molecule has 1 aromatic heterocycles. The third-order valence-electron chi connectivity index (χ3n) is 4.33. The summed E-state index contributed by atoms with van der Waals surface area (Å²) < 4.78 is 4.97. The first-order valence-corrected chi connectivity index (χ1v) is 8.34. The maximum absolute atomic E-state index is 12.5. The molecule has 0 atom stereocenters. The van der Waals surface area contributed by atoms with Crippen LogP contribution in [0, 0.1) is 10.1 Å². The van der Waals surface area contributed by atoms with Crippen LogP contribution in [-0.2, 0) is 4.74 Å². The number of hydrogen-bond acceptors (Lipinski definition) is 6. The van der Waals surface area contributed by atoms with Gasteiger partial charge in [-0.15, -0.1) is 0 Å². The predicted molar refractivity (Wildman–Crippen MR) is 91.8 cm³/mol. The minimum Gasteiger partial charge on any atom is -0.450 e. The molecule has 0 spiro atoms. The number of nitrogens with one attached hydrogen (secondary N) is 2. The summed E-state index contributed by atoms with van der Waals surface area (Å²) in [7, 11) is 0. The van der Waals surface area contributed by atoms with Crippen molar-refractivity contribution >= 4 is 28.6 Å². The fraction of sp³-hybridized carbons (Fsp3) is 0.438. The molecular weight excluding hydrogens is 342 g/mol. The van der Waals surface area contributed by atoms with E-state index < -0.39 is 10.8 Å². The van der Waals surface area contributed by atoms with Gasteiger partial charge in [-0.05, 0) is 25.8 Å². The van der Waals surface area contributed by atoms with Crippen LogP contribution < -0.4 is 5.32 Å². The SMILES string of the molecule is CCOC(=O)N1CCC(NC(=O)c2n[nH]c3ccc([N+](=O)[O-])cc23)CC1. The number of nitro groups is 1. The average molecular weight is 361 g/mol. The number of nitro benzene ring substituents is 1. The fourth-order valence-corrected chi connectivity index (χ4v) is 2.96. The van der Waals surface area contributed by atoms with Crippen LogP contribution >= 0.6 is 0 Å². The Kier molecular flexibility index (Phi) is 5.01. The largest absolute Gasteiger partial charge is 0.450 e. The highest BCUT2D eigenvalue weighted by molar-refractivity contribution is 6.05. The lowest BCUT2D eigenvalue weighted by Gasteiger charge is -2.31. The standard InChI is InChI=1S/C16H19N5O5/c1-2-26-16(23)20-7-5-10(6-8-20)17-15(22)14-12-9-11(21(24)25)3-4-13(12)18-19-14/h3-4,9-10H,2,5-8H2,1H3,(H,17,22)(H,18,19). The highest BCUT2D eigenvalue weighted by Gasteiger charge is 2.26. The van der Waals surface area contributed by atoms with Crippen LogP contribution in [0.15, 0.2) is 18.2 Å². The Balaban J connectivity index is 1.66. The van der Waals surface area contributed by atoms with Gasteiger partial charge in [0.25, 0.3) is 11.6 Å². The van der Waals surface area contributed by atoms with E-state index in [-0.39, 0.29) is 23.5 Å². The van der Waals surface area contributed by atoms with E-state index in [1.165, 1.54) is 18.2 Å². The van der Waals surface area contributed by atoms with Gasteiger partial charge < -0.3 is 15.0 Å². The number of carbonyl (C=O) groups excluding carboxylic acids is 2. The summed E-state index contributed by atoms with van der Waals surface area (Å²) in [4.78, 5) is 36.2. The van der Waals surface area contributed by atoms with Gasteiger partial charge in [0, 0.05) is 36.7 Å². The Morgan fingerprint density at radius 1 is 1.42 bits per heavy atom. The second-order valence-electron chi connectivity index (χ2n) is 5.99. The van der Waals surface area contributed by atoms with Gasteiger partial charge in [0.15, 0.2) is 5.69 Å². The monoisotopic (exact) mass is 361 g/mol. The Labute approximate surface area is 148 Å². The number of benzene rings is 1. The van der Waals surface area contributed by atoms with Crippen LogP contribution in [0.2, 0.25) is 0 Å². The van der Waals surface area contributed by atoms with Gasteiger partial charge in [0.05, 0.1) is 17.0 Å². The molecular formula is C16H19N5O5. The lowest BCUT2D eigenvalue weighted by atomic mass is 10.0. The van der Waals surface area contributed by atoms with Crippen LogP contribution in [0.5, 0.6) is 0 Å². The molecule has 1 saturated heterocycles. The smallest absolute Gasteiger partial charge is 0.409 e. The number of non-ortho nitro benzene ring substituents is 1. The van der Waals surface area contributed by atoms with Crippen LogP contribution in [0.1, 0.15) is 30.3 Å². The van der Waals surface area contributed by atoms with Gasteiger partial charge in [0.2, 0.25) is 0 Å². The van der Waals surface area contributed by atoms with Crippen LogP contribution in [-0.4, -0.2) is 57.8 Å². The number of H-pyrrole nitrogens is 1. The molecule has 0 radical (unpaired) electrons. The Hall–Kier alpha value is -3.17. The zero-order valence-electron chi connectivity index (χ0n) is 14.2. The number of fused-ring (bicyclic) bond motifs is 1. The van der Waals surface area contributed by atoms with Gasteiger partial charge in [-0.2, -0.15) is 5.10 Å². The molecule has 0 aliphatic carbocycles.